The molecule has 11 heteroatoms. The van der Waals surface area contributed by atoms with Gasteiger partial charge in [0.05, 0.1) is 37.8 Å². The number of likely N-dealkylation sites (tertiary alicyclic amines) is 1. The van der Waals surface area contributed by atoms with E-state index in [-0.39, 0.29) is 29.9 Å². The monoisotopic (exact) mass is 545 g/mol. The second-order valence-electron chi connectivity index (χ2n) is 9.48. The smallest absolute Gasteiger partial charge is 0.312 e. The highest BCUT2D eigenvalue weighted by molar-refractivity contribution is 9.09. The fraction of sp³-hybridized carbons (Fsp3) is 0.870. The molecule has 0 saturated carbocycles. The summed E-state index contributed by atoms with van der Waals surface area (Å²) in [6, 6.07) is -0.798. The first-order valence-corrected chi connectivity index (χ1v) is 13.3. The van der Waals surface area contributed by atoms with Gasteiger partial charge in [-0.1, -0.05) is 15.9 Å². The van der Waals surface area contributed by atoms with E-state index in [0.717, 1.165) is 19.5 Å². The Labute approximate surface area is 208 Å². The van der Waals surface area contributed by atoms with Crippen LogP contribution in [0.25, 0.3) is 0 Å². The molecule has 4 saturated heterocycles. The van der Waals surface area contributed by atoms with E-state index < -0.39 is 35.6 Å². The minimum atomic E-state index is -1.05. The van der Waals surface area contributed by atoms with Crippen LogP contribution >= 0.6 is 15.9 Å². The van der Waals surface area contributed by atoms with Crippen LogP contribution in [0.5, 0.6) is 0 Å². The van der Waals surface area contributed by atoms with Crippen molar-refractivity contribution in [1.82, 2.24) is 15.1 Å². The van der Waals surface area contributed by atoms with Gasteiger partial charge in [0.15, 0.2) is 0 Å². The number of unbranched alkanes of at least 4 members (excludes halogenated alkanes) is 2. The van der Waals surface area contributed by atoms with Crippen LogP contribution in [0.3, 0.4) is 0 Å². The normalized spacial score (nSPS) is 35.0. The summed E-state index contributed by atoms with van der Waals surface area (Å²) in [7, 11) is 0. The molecule has 0 aliphatic carbocycles. The van der Waals surface area contributed by atoms with E-state index >= 15 is 0 Å². The van der Waals surface area contributed by atoms with Gasteiger partial charge < -0.3 is 29.5 Å². The number of hydrogen-bond acceptors (Lipinski definition) is 8. The lowest BCUT2D eigenvalue weighted by Crippen LogP contribution is -2.56. The molecule has 2 N–H and O–H groups in total. The number of nitrogens with one attached hydrogen (secondary N) is 1. The van der Waals surface area contributed by atoms with Crippen LogP contribution in [0.1, 0.15) is 32.6 Å². The summed E-state index contributed by atoms with van der Waals surface area (Å²) < 4.78 is 17.1. The van der Waals surface area contributed by atoms with Crippen molar-refractivity contribution < 1.29 is 33.7 Å². The fourth-order valence-electron chi connectivity index (χ4n) is 6.01. The lowest BCUT2D eigenvalue weighted by atomic mass is 9.70. The maximum atomic E-state index is 13.7. The molecule has 4 fully saturated rings. The number of rotatable bonds is 11. The van der Waals surface area contributed by atoms with E-state index in [4.69, 9.17) is 19.3 Å². The van der Waals surface area contributed by atoms with E-state index in [0.29, 0.717) is 52.1 Å². The largest absolute Gasteiger partial charge is 0.466 e. The topological polar surface area (TPSA) is 118 Å². The fourth-order valence-corrected chi connectivity index (χ4v) is 6.95. The van der Waals surface area contributed by atoms with Crippen LogP contribution in [0.2, 0.25) is 0 Å². The minimum absolute atomic E-state index is 0.0902. The number of morpholine rings is 1. The highest BCUT2D eigenvalue weighted by atomic mass is 79.9. The van der Waals surface area contributed by atoms with Gasteiger partial charge in [-0.2, -0.15) is 0 Å². The number of amides is 2. The van der Waals surface area contributed by atoms with Crippen LogP contribution in [0, 0.1) is 11.8 Å². The number of hydrogen-bond donors (Lipinski definition) is 2. The Kier molecular flexibility index (Phi) is 8.50. The summed E-state index contributed by atoms with van der Waals surface area (Å²) in [4.78, 5) is 43.8. The molecule has 4 aliphatic heterocycles. The molecular formula is C23H36BrN3O7. The molecule has 4 heterocycles. The Hall–Kier alpha value is -1.27. The third-order valence-electron chi connectivity index (χ3n) is 7.48. The Balaban J connectivity index is 1.53. The van der Waals surface area contributed by atoms with Gasteiger partial charge in [-0.05, 0) is 32.6 Å². The van der Waals surface area contributed by atoms with E-state index in [9.17, 15) is 14.4 Å². The number of esters is 1. The highest BCUT2D eigenvalue weighted by Crippen LogP contribution is 2.60. The molecule has 3 unspecified atom stereocenters. The molecule has 0 radical (unpaired) electrons. The molecule has 2 bridgehead atoms. The van der Waals surface area contributed by atoms with Gasteiger partial charge >= 0.3 is 5.97 Å². The predicted molar refractivity (Wildman–Crippen MR) is 125 cm³/mol. The molecule has 34 heavy (non-hydrogen) atoms. The molecular weight excluding hydrogens is 510 g/mol. The van der Waals surface area contributed by atoms with Crippen molar-refractivity contribution >= 4 is 33.7 Å². The number of aliphatic hydroxyl groups excluding tert-OH is 1. The average molecular weight is 546 g/mol. The number of ether oxygens (including phenoxy) is 3. The van der Waals surface area contributed by atoms with Crippen molar-refractivity contribution in [2.45, 2.75) is 55.2 Å². The van der Waals surface area contributed by atoms with Crippen molar-refractivity contribution in [2.24, 2.45) is 11.8 Å². The molecule has 0 aromatic rings. The molecule has 1 spiro atoms. The standard InChI is InChI=1S/C23H36BrN3O7/c1-2-33-22(31)16-17-21(30)27(7-4-3-5-11-28)19(23(17)14-15(24)18(16)34-23)20(29)25-6-8-26-9-12-32-13-10-26/h15-19,28H,2-14H2,1H3,(H,25,29)/t15?,16-,17+,18-,19?,23?/m1/s1. The minimum Gasteiger partial charge on any atom is -0.466 e. The molecule has 6 atom stereocenters. The predicted octanol–water partition coefficient (Wildman–Crippen LogP) is -0.0915. The van der Waals surface area contributed by atoms with E-state index in [1.54, 1.807) is 11.8 Å². The molecule has 4 rings (SSSR count). The molecule has 0 aromatic heterocycles. The first-order valence-electron chi connectivity index (χ1n) is 12.4. The third kappa shape index (κ3) is 4.74. The zero-order valence-corrected chi connectivity index (χ0v) is 21.3. The lowest BCUT2D eigenvalue weighted by molar-refractivity contribution is -0.154. The number of fused-ring (bicyclic) bond motifs is 1. The Morgan fingerprint density at radius 3 is 2.71 bits per heavy atom. The average Bonchev–Trinajstić information content (AvgIpc) is 3.41. The first kappa shape index (κ1) is 25.8. The van der Waals surface area contributed by atoms with E-state index in [1.165, 1.54) is 0 Å². The van der Waals surface area contributed by atoms with Crippen LogP contribution < -0.4 is 5.32 Å². The summed E-state index contributed by atoms with van der Waals surface area (Å²) in [5.41, 5.74) is -1.05. The lowest BCUT2D eigenvalue weighted by Gasteiger charge is -2.34. The molecule has 4 aliphatic rings. The van der Waals surface area contributed by atoms with Crippen LogP contribution in [0.15, 0.2) is 0 Å². The number of aliphatic hydroxyl groups is 1. The van der Waals surface area contributed by atoms with Crippen LogP contribution in [0.4, 0.5) is 0 Å². The number of nitrogens with zero attached hydrogens (tertiary/aromatic N) is 2. The van der Waals surface area contributed by atoms with Crippen molar-refractivity contribution in [3.8, 4) is 0 Å². The zero-order valence-electron chi connectivity index (χ0n) is 19.7. The molecule has 2 amide bonds. The Morgan fingerprint density at radius 2 is 2.00 bits per heavy atom. The summed E-state index contributed by atoms with van der Waals surface area (Å²) in [5, 5.41) is 12.1. The van der Waals surface area contributed by atoms with Gasteiger partial charge in [0, 0.05) is 44.2 Å². The SMILES string of the molecule is CCOC(=O)[C@H]1[C@@H]2OC3(CC2Br)C(C(=O)NCCN2CCOCC2)N(CCCCCO)C(=O)[C@H]13. The Bertz CT molecular complexity index is 765. The van der Waals surface area contributed by atoms with Crippen molar-refractivity contribution in [3.63, 3.8) is 0 Å². The maximum absolute atomic E-state index is 13.7. The number of halogens is 1. The summed E-state index contributed by atoms with van der Waals surface area (Å²) in [6.45, 7) is 6.65. The highest BCUT2D eigenvalue weighted by Gasteiger charge is 2.76. The number of alkyl halides is 1. The summed E-state index contributed by atoms with van der Waals surface area (Å²) >= 11 is 3.64. The van der Waals surface area contributed by atoms with E-state index in [1.807, 2.05) is 0 Å². The van der Waals surface area contributed by atoms with Gasteiger partial charge in [0.25, 0.3) is 0 Å². The van der Waals surface area contributed by atoms with Crippen molar-refractivity contribution in [1.29, 1.82) is 0 Å². The molecule has 0 aromatic carbocycles. The van der Waals surface area contributed by atoms with Gasteiger partial charge in [0.2, 0.25) is 11.8 Å². The van der Waals surface area contributed by atoms with E-state index in [2.05, 4.69) is 26.1 Å². The second kappa shape index (κ2) is 11.2. The Morgan fingerprint density at radius 1 is 1.24 bits per heavy atom. The van der Waals surface area contributed by atoms with Gasteiger partial charge in [0.1, 0.15) is 11.6 Å². The van der Waals surface area contributed by atoms with Crippen molar-refractivity contribution in [3.05, 3.63) is 0 Å². The number of carbonyl (C=O) groups is 3. The quantitative estimate of drug-likeness (QED) is 0.210. The number of carbonyl (C=O) groups excluding carboxylic acids is 3. The summed E-state index contributed by atoms with van der Waals surface area (Å²) in [5.74, 6) is -2.34. The zero-order chi connectivity index (χ0) is 24.3. The van der Waals surface area contributed by atoms with Gasteiger partial charge in [-0.25, -0.2) is 0 Å². The summed E-state index contributed by atoms with van der Waals surface area (Å²) in [6.07, 6.45) is 2.04. The second-order valence-corrected chi connectivity index (χ2v) is 10.7. The van der Waals surface area contributed by atoms with Crippen molar-refractivity contribution in [2.75, 3.05) is 59.2 Å². The third-order valence-corrected chi connectivity index (χ3v) is 8.33. The molecule has 192 valence electrons. The van der Waals surface area contributed by atoms with Crippen LogP contribution in [-0.4, -0.2) is 114 Å². The first-order chi connectivity index (χ1) is 16.4. The van der Waals surface area contributed by atoms with Crippen LogP contribution in [-0.2, 0) is 28.6 Å². The molecule has 10 nitrogen and oxygen atoms in total. The van der Waals surface area contributed by atoms with Gasteiger partial charge in [-0.15, -0.1) is 0 Å². The van der Waals surface area contributed by atoms with Gasteiger partial charge in [-0.3, -0.25) is 19.3 Å². The maximum Gasteiger partial charge on any atom is 0.312 e.